The summed E-state index contributed by atoms with van der Waals surface area (Å²) in [5, 5.41) is 7.42. The van der Waals surface area contributed by atoms with Crippen molar-refractivity contribution in [3.8, 4) is 11.3 Å². The van der Waals surface area contributed by atoms with E-state index in [0.717, 1.165) is 4.88 Å². The Hall–Kier alpha value is -2.54. The molecule has 1 fully saturated rings. The van der Waals surface area contributed by atoms with Gasteiger partial charge in [0.2, 0.25) is 5.91 Å². The molecule has 0 aliphatic heterocycles. The minimum absolute atomic E-state index is 0.148. The SMILES string of the molecule is Cc1cnc(NC(=O)C2(c3cc(-c4ccccc4F)on3)CC2)s1. The first kappa shape index (κ1) is 15.0. The van der Waals surface area contributed by atoms with Crippen LogP contribution < -0.4 is 5.32 Å². The molecular weight excluding hydrogens is 329 g/mol. The highest BCUT2D eigenvalue weighted by atomic mass is 32.1. The van der Waals surface area contributed by atoms with Gasteiger partial charge in [-0.1, -0.05) is 17.3 Å². The Morgan fingerprint density at radius 3 is 2.83 bits per heavy atom. The predicted molar refractivity (Wildman–Crippen MR) is 88.3 cm³/mol. The van der Waals surface area contributed by atoms with E-state index in [1.165, 1.54) is 17.4 Å². The van der Waals surface area contributed by atoms with Gasteiger partial charge in [0.25, 0.3) is 0 Å². The average molecular weight is 343 g/mol. The zero-order chi connectivity index (χ0) is 16.7. The number of benzene rings is 1. The lowest BCUT2D eigenvalue weighted by atomic mass is 10.0. The number of aromatic nitrogens is 2. The molecule has 1 saturated carbocycles. The van der Waals surface area contributed by atoms with Crippen LogP contribution in [0, 0.1) is 12.7 Å². The van der Waals surface area contributed by atoms with Gasteiger partial charge >= 0.3 is 0 Å². The molecule has 1 aliphatic rings. The van der Waals surface area contributed by atoms with E-state index in [1.807, 2.05) is 6.92 Å². The number of hydrogen-bond donors (Lipinski definition) is 1. The Morgan fingerprint density at radius 1 is 1.38 bits per heavy atom. The summed E-state index contributed by atoms with van der Waals surface area (Å²) in [5.74, 6) is -0.203. The van der Waals surface area contributed by atoms with Crippen LogP contribution in [-0.2, 0) is 10.2 Å². The highest BCUT2D eigenvalue weighted by Gasteiger charge is 2.54. The van der Waals surface area contributed by atoms with Crippen LogP contribution in [0.1, 0.15) is 23.4 Å². The van der Waals surface area contributed by atoms with Crippen molar-refractivity contribution in [3.05, 3.63) is 52.9 Å². The third-order valence-electron chi connectivity index (χ3n) is 4.17. The number of halogens is 1. The first-order valence-electron chi connectivity index (χ1n) is 7.54. The van der Waals surface area contributed by atoms with Crippen LogP contribution in [0.4, 0.5) is 9.52 Å². The van der Waals surface area contributed by atoms with Crippen molar-refractivity contribution in [1.82, 2.24) is 10.1 Å². The van der Waals surface area contributed by atoms with E-state index in [9.17, 15) is 9.18 Å². The van der Waals surface area contributed by atoms with Crippen LogP contribution in [0.25, 0.3) is 11.3 Å². The molecular formula is C17H14FN3O2S. The van der Waals surface area contributed by atoms with E-state index >= 15 is 0 Å². The Balaban J connectivity index is 1.59. The lowest BCUT2D eigenvalue weighted by molar-refractivity contribution is -0.118. The maximum Gasteiger partial charge on any atom is 0.238 e. The van der Waals surface area contributed by atoms with Gasteiger partial charge in [0.1, 0.15) is 5.82 Å². The summed E-state index contributed by atoms with van der Waals surface area (Å²) in [4.78, 5) is 17.8. The van der Waals surface area contributed by atoms with Crippen molar-refractivity contribution >= 4 is 22.4 Å². The van der Waals surface area contributed by atoms with E-state index < -0.39 is 5.41 Å². The molecule has 0 saturated heterocycles. The largest absolute Gasteiger partial charge is 0.356 e. The molecule has 1 aromatic carbocycles. The van der Waals surface area contributed by atoms with Crippen LogP contribution >= 0.6 is 11.3 Å². The molecule has 122 valence electrons. The fourth-order valence-electron chi connectivity index (χ4n) is 2.64. The zero-order valence-electron chi connectivity index (χ0n) is 12.9. The molecule has 7 heteroatoms. The van der Waals surface area contributed by atoms with Crippen LogP contribution in [0.5, 0.6) is 0 Å². The van der Waals surface area contributed by atoms with Gasteiger partial charge in [0, 0.05) is 17.1 Å². The summed E-state index contributed by atoms with van der Waals surface area (Å²) in [6.07, 6.45) is 3.09. The highest BCUT2D eigenvalue weighted by Crippen LogP contribution is 2.49. The summed E-state index contributed by atoms with van der Waals surface area (Å²) in [6.45, 7) is 1.93. The number of carbonyl (C=O) groups excluding carboxylic acids is 1. The van der Waals surface area contributed by atoms with Crippen LogP contribution in [0.2, 0.25) is 0 Å². The van der Waals surface area contributed by atoms with Crippen molar-refractivity contribution in [2.24, 2.45) is 0 Å². The van der Waals surface area contributed by atoms with Gasteiger partial charge < -0.3 is 9.84 Å². The number of hydrogen-bond acceptors (Lipinski definition) is 5. The van der Waals surface area contributed by atoms with Crippen molar-refractivity contribution in [2.75, 3.05) is 5.32 Å². The molecule has 24 heavy (non-hydrogen) atoms. The summed E-state index contributed by atoms with van der Waals surface area (Å²) < 4.78 is 19.2. The smallest absolute Gasteiger partial charge is 0.238 e. The Bertz CT molecular complexity index is 914. The Labute approximate surface area is 141 Å². The van der Waals surface area contributed by atoms with E-state index in [4.69, 9.17) is 4.52 Å². The number of nitrogens with zero attached hydrogens (tertiary/aromatic N) is 2. The van der Waals surface area contributed by atoms with E-state index in [-0.39, 0.29) is 11.7 Å². The van der Waals surface area contributed by atoms with Crippen molar-refractivity contribution in [1.29, 1.82) is 0 Å². The highest BCUT2D eigenvalue weighted by molar-refractivity contribution is 7.15. The zero-order valence-corrected chi connectivity index (χ0v) is 13.7. The monoisotopic (exact) mass is 343 g/mol. The van der Waals surface area contributed by atoms with Crippen molar-refractivity contribution in [3.63, 3.8) is 0 Å². The van der Waals surface area contributed by atoms with Crippen LogP contribution in [-0.4, -0.2) is 16.0 Å². The minimum atomic E-state index is -0.702. The normalized spacial score (nSPS) is 15.2. The molecule has 0 spiro atoms. The van der Waals surface area contributed by atoms with Gasteiger partial charge in [0.05, 0.1) is 16.7 Å². The molecule has 1 amide bonds. The number of nitrogens with one attached hydrogen (secondary N) is 1. The van der Waals surface area contributed by atoms with Gasteiger partial charge in [0.15, 0.2) is 10.9 Å². The Kier molecular flexibility index (Phi) is 3.45. The predicted octanol–water partition coefficient (Wildman–Crippen LogP) is 3.92. The fourth-order valence-corrected chi connectivity index (χ4v) is 3.30. The Morgan fingerprint density at radius 2 is 2.17 bits per heavy atom. The van der Waals surface area contributed by atoms with E-state index in [2.05, 4.69) is 15.5 Å². The first-order chi connectivity index (χ1) is 11.6. The second-order valence-corrected chi connectivity index (χ2v) is 7.10. The first-order valence-corrected chi connectivity index (χ1v) is 8.36. The number of carbonyl (C=O) groups is 1. The number of aryl methyl sites for hydroxylation is 1. The lowest BCUT2D eigenvalue weighted by Gasteiger charge is -2.10. The fraction of sp³-hybridized carbons (Fsp3) is 0.235. The van der Waals surface area contributed by atoms with Crippen molar-refractivity contribution < 1.29 is 13.7 Å². The van der Waals surface area contributed by atoms with Gasteiger partial charge in [-0.25, -0.2) is 9.37 Å². The molecule has 0 bridgehead atoms. The maximum atomic E-state index is 13.9. The van der Waals surface area contributed by atoms with Crippen molar-refractivity contribution in [2.45, 2.75) is 25.2 Å². The number of amides is 1. The molecule has 1 aliphatic carbocycles. The third kappa shape index (κ3) is 2.50. The van der Waals surface area contributed by atoms with Gasteiger partial charge in [-0.15, -0.1) is 11.3 Å². The standard InChI is InChI=1S/C17H14FN3O2S/c1-10-9-19-16(24-10)20-15(22)17(6-7-17)14-8-13(23-21-14)11-4-2-3-5-12(11)18/h2-5,8-9H,6-7H2,1H3,(H,19,20,22). The van der Waals surface area contributed by atoms with Crippen LogP contribution in [0.3, 0.4) is 0 Å². The molecule has 0 atom stereocenters. The lowest BCUT2D eigenvalue weighted by Crippen LogP contribution is -2.28. The molecule has 3 aromatic rings. The van der Waals surface area contributed by atoms with Crippen LogP contribution in [0.15, 0.2) is 41.1 Å². The number of rotatable bonds is 4. The summed E-state index contributed by atoms with van der Waals surface area (Å²) >= 11 is 1.42. The topological polar surface area (TPSA) is 68.0 Å². The molecule has 2 aromatic heterocycles. The molecule has 0 unspecified atom stereocenters. The summed E-state index contributed by atoms with van der Waals surface area (Å²) in [5.41, 5.74) is 0.168. The van der Waals surface area contributed by atoms with E-state index in [1.54, 1.807) is 30.5 Å². The molecule has 5 nitrogen and oxygen atoms in total. The van der Waals surface area contributed by atoms with Gasteiger partial charge in [-0.2, -0.15) is 0 Å². The minimum Gasteiger partial charge on any atom is -0.356 e. The van der Waals surface area contributed by atoms with Gasteiger partial charge in [-0.3, -0.25) is 4.79 Å². The second kappa shape index (κ2) is 5.52. The molecule has 2 heterocycles. The molecule has 0 radical (unpaired) electrons. The molecule has 1 N–H and O–H groups in total. The summed E-state index contributed by atoms with van der Waals surface area (Å²) in [7, 11) is 0. The molecule has 4 rings (SSSR count). The van der Waals surface area contributed by atoms with Gasteiger partial charge in [-0.05, 0) is 31.9 Å². The number of anilines is 1. The second-order valence-electron chi connectivity index (χ2n) is 5.87. The maximum absolute atomic E-state index is 13.9. The quantitative estimate of drug-likeness (QED) is 0.780. The average Bonchev–Trinajstić information content (AvgIpc) is 3.05. The number of thiazole rings is 1. The van der Waals surface area contributed by atoms with E-state index in [0.29, 0.717) is 35.0 Å². The third-order valence-corrected chi connectivity index (χ3v) is 4.99. The summed E-state index contributed by atoms with van der Waals surface area (Å²) in [6, 6.07) is 7.98.